The molecule has 0 spiro atoms. The van der Waals surface area contributed by atoms with Crippen molar-refractivity contribution in [2.75, 3.05) is 0 Å². The summed E-state index contributed by atoms with van der Waals surface area (Å²) in [5, 5.41) is 0. The minimum atomic E-state index is 0.571. The highest BCUT2D eigenvalue weighted by atomic mass is 14.4. The molecule has 114 valence electrons. The fraction of sp³-hybridized carbons (Fsp3) is 1.00. The minimum absolute atomic E-state index is 0.571. The van der Waals surface area contributed by atoms with Crippen LogP contribution in [0.3, 0.4) is 0 Å². The molecule has 0 N–H and O–H groups in total. The maximum Gasteiger partial charge on any atom is -0.0323 e. The topological polar surface area (TPSA) is 0 Å². The van der Waals surface area contributed by atoms with E-state index in [1.165, 1.54) is 64.2 Å². The number of hydrogen-bond donors (Lipinski definition) is 0. The molecule has 0 aliphatic heterocycles. The van der Waals surface area contributed by atoms with Gasteiger partial charge in [-0.2, -0.15) is 0 Å². The SMILES string of the molecule is CC(C)CCCC(C)C1CCCCCCCC1(C)C. The molecule has 1 rings (SSSR count). The quantitative estimate of drug-likeness (QED) is 0.511. The fourth-order valence-electron chi connectivity index (χ4n) is 4.16. The summed E-state index contributed by atoms with van der Waals surface area (Å²) in [6.45, 7) is 12.3. The van der Waals surface area contributed by atoms with E-state index in [0.29, 0.717) is 5.41 Å². The van der Waals surface area contributed by atoms with Crippen molar-refractivity contribution in [3.05, 3.63) is 0 Å². The Morgan fingerprint density at radius 2 is 1.53 bits per heavy atom. The lowest BCUT2D eigenvalue weighted by Gasteiger charge is -2.39. The van der Waals surface area contributed by atoms with Gasteiger partial charge in [0.05, 0.1) is 0 Å². The van der Waals surface area contributed by atoms with Gasteiger partial charge in [0.25, 0.3) is 0 Å². The lowest BCUT2D eigenvalue weighted by atomic mass is 9.67. The van der Waals surface area contributed by atoms with Crippen molar-refractivity contribution >= 4 is 0 Å². The normalized spacial score (nSPS) is 26.5. The monoisotopic (exact) mass is 266 g/mol. The van der Waals surface area contributed by atoms with Gasteiger partial charge in [-0.25, -0.2) is 0 Å². The Morgan fingerprint density at radius 1 is 0.895 bits per heavy atom. The van der Waals surface area contributed by atoms with Crippen LogP contribution in [0.25, 0.3) is 0 Å². The molecule has 0 nitrogen and oxygen atoms in total. The van der Waals surface area contributed by atoms with Gasteiger partial charge in [-0.15, -0.1) is 0 Å². The predicted molar refractivity (Wildman–Crippen MR) is 87.4 cm³/mol. The van der Waals surface area contributed by atoms with Gasteiger partial charge < -0.3 is 0 Å². The molecule has 0 saturated heterocycles. The molecule has 0 bridgehead atoms. The highest BCUT2D eigenvalue weighted by Gasteiger charge is 2.32. The van der Waals surface area contributed by atoms with Gasteiger partial charge in [0, 0.05) is 0 Å². The third kappa shape index (κ3) is 6.32. The van der Waals surface area contributed by atoms with E-state index >= 15 is 0 Å². The molecule has 2 unspecified atom stereocenters. The molecule has 0 radical (unpaired) electrons. The van der Waals surface area contributed by atoms with Crippen LogP contribution in [-0.2, 0) is 0 Å². The standard InChI is InChI=1S/C19H38/c1-16(2)12-11-13-17(3)18-14-9-7-6-8-10-15-19(18,4)5/h16-18H,6-15H2,1-5H3. The van der Waals surface area contributed by atoms with Crippen LogP contribution in [0.15, 0.2) is 0 Å². The third-order valence-electron chi connectivity index (χ3n) is 5.47. The van der Waals surface area contributed by atoms with Crippen molar-refractivity contribution in [1.82, 2.24) is 0 Å². The summed E-state index contributed by atoms with van der Waals surface area (Å²) in [7, 11) is 0. The summed E-state index contributed by atoms with van der Waals surface area (Å²) in [5.41, 5.74) is 0.571. The smallest absolute Gasteiger partial charge is 0.0323 e. The van der Waals surface area contributed by atoms with Gasteiger partial charge in [-0.05, 0) is 36.0 Å². The Balaban J connectivity index is 2.52. The van der Waals surface area contributed by atoms with Crippen molar-refractivity contribution in [2.45, 2.75) is 98.8 Å². The van der Waals surface area contributed by atoms with Crippen molar-refractivity contribution < 1.29 is 0 Å². The molecule has 0 heterocycles. The zero-order chi connectivity index (χ0) is 14.3. The van der Waals surface area contributed by atoms with Crippen LogP contribution in [0.2, 0.25) is 0 Å². The van der Waals surface area contributed by atoms with Crippen LogP contribution in [0.4, 0.5) is 0 Å². The highest BCUT2D eigenvalue weighted by molar-refractivity contribution is 4.83. The Hall–Kier alpha value is 0. The molecule has 1 aliphatic carbocycles. The van der Waals surface area contributed by atoms with Crippen LogP contribution in [0.1, 0.15) is 98.8 Å². The molecule has 0 amide bonds. The van der Waals surface area contributed by atoms with E-state index in [2.05, 4.69) is 34.6 Å². The summed E-state index contributed by atoms with van der Waals surface area (Å²) in [5.74, 6) is 2.75. The molecule has 0 aromatic carbocycles. The first-order chi connectivity index (χ1) is 8.93. The third-order valence-corrected chi connectivity index (χ3v) is 5.47. The maximum absolute atomic E-state index is 2.54. The van der Waals surface area contributed by atoms with Crippen LogP contribution >= 0.6 is 0 Å². The summed E-state index contributed by atoms with van der Waals surface area (Å²) < 4.78 is 0. The summed E-state index contributed by atoms with van der Waals surface area (Å²) in [4.78, 5) is 0. The van der Waals surface area contributed by atoms with Crippen molar-refractivity contribution in [3.8, 4) is 0 Å². The Labute approximate surface area is 122 Å². The molecular weight excluding hydrogens is 228 g/mol. The highest BCUT2D eigenvalue weighted by Crippen LogP contribution is 2.43. The second-order valence-corrected chi connectivity index (χ2v) is 8.20. The molecule has 1 saturated carbocycles. The van der Waals surface area contributed by atoms with E-state index in [1.807, 2.05) is 0 Å². The van der Waals surface area contributed by atoms with Gasteiger partial charge >= 0.3 is 0 Å². The first-order valence-electron chi connectivity index (χ1n) is 8.93. The predicted octanol–water partition coefficient (Wildman–Crippen LogP) is 6.84. The van der Waals surface area contributed by atoms with E-state index in [0.717, 1.165) is 17.8 Å². The second-order valence-electron chi connectivity index (χ2n) is 8.20. The van der Waals surface area contributed by atoms with Crippen LogP contribution in [0, 0.1) is 23.2 Å². The fourth-order valence-corrected chi connectivity index (χ4v) is 4.16. The van der Waals surface area contributed by atoms with E-state index in [1.54, 1.807) is 0 Å². The summed E-state index contributed by atoms with van der Waals surface area (Å²) in [6, 6.07) is 0. The lowest BCUT2D eigenvalue weighted by molar-refractivity contribution is 0.115. The van der Waals surface area contributed by atoms with Gasteiger partial charge in [0.15, 0.2) is 0 Å². The average molecular weight is 267 g/mol. The molecule has 0 aromatic rings. The zero-order valence-electron chi connectivity index (χ0n) is 14.3. The van der Waals surface area contributed by atoms with E-state index < -0.39 is 0 Å². The van der Waals surface area contributed by atoms with Crippen LogP contribution < -0.4 is 0 Å². The van der Waals surface area contributed by atoms with Crippen LogP contribution in [0.5, 0.6) is 0 Å². The van der Waals surface area contributed by atoms with Crippen molar-refractivity contribution in [1.29, 1.82) is 0 Å². The van der Waals surface area contributed by atoms with Crippen molar-refractivity contribution in [2.24, 2.45) is 23.2 Å². The van der Waals surface area contributed by atoms with Gasteiger partial charge in [0.1, 0.15) is 0 Å². The molecule has 2 atom stereocenters. The Kier molecular flexibility index (Phi) is 7.47. The first kappa shape index (κ1) is 17.1. The molecule has 0 heteroatoms. The van der Waals surface area contributed by atoms with Crippen LogP contribution in [-0.4, -0.2) is 0 Å². The molecule has 1 aliphatic rings. The largest absolute Gasteiger partial charge is 0.0628 e. The minimum Gasteiger partial charge on any atom is -0.0628 e. The summed E-state index contributed by atoms with van der Waals surface area (Å²) >= 11 is 0. The number of rotatable bonds is 5. The van der Waals surface area contributed by atoms with E-state index in [-0.39, 0.29) is 0 Å². The molecule has 0 aromatic heterocycles. The van der Waals surface area contributed by atoms with Gasteiger partial charge in [0.2, 0.25) is 0 Å². The molecule has 1 fully saturated rings. The van der Waals surface area contributed by atoms with Crippen molar-refractivity contribution in [3.63, 3.8) is 0 Å². The number of hydrogen-bond acceptors (Lipinski definition) is 0. The second kappa shape index (κ2) is 8.32. The summed E-state index contributed by atoms with van der Waals surface area (Å²) in [6.07, 6.45) is 14.6. The maximum atomic E-state index is 2.54. The Bertz CT molecular complexity index is 226. The van der Waals surface area contributed by atoms with Gasteiger partial charge in [-0.1, -0.05) is 86.0 Å². The average Bonchev–Trinajstić information content (AvgIpc) is 2.38. The van der Waals surface area contributed by atoms with Gasteiger partial charge in [-0.3, -0.25) is 0 Å². The first-order valence-corrected chi connectivity index (χ1v) is 8.93. The zero-order valence-corrected chi connectivity index (χ0v) is 14.3. The molecule has 19 heavy (non-hydrogen) atoms. The van der Waals surface area contributed by atoms with E-state index in [4.69, 9.17) is 0 Å². The van der Waals surface area contributed by atoms with E-state index in [9.17, 15) is 0 Å². The molecular formula is C19H38. The lowest BCUT2D eigenvalue weighted by Crippen LogP contribution is -2.29. The Morgan fingerprint density at radius 3 is 2.21 bits per heavy atom.